The minimum absolute atomic E-state index is 0.174. The first kappa shape index (κ1) is 13.3. The van der Waals surface area contributed by atoms with Gasteiger partial charge in [0.15, 0.2) is 6.79 Å². The molecule has 0 spiro atoms. The van der Waals surface area contributed by atoms with Gasteiger partial charge in [-0.3, -0.25) is 0 Å². The van der Waals surface area contributed by atoms with E-state index in [2.05, 4.69) is 4.74 Å². The second-order valence-electron chi connectivity index (χ2n) is 3.06. The molecule has 0 saturated carbocycles. The van der Waals surface area contributed by atoms with Gasteiger partial charge in [-0.15, -0.1) is 0 Å². The fraction of sp³-hybridized carbons (Fsp3) is 0.300. The monoisotopic (exact) mass is 250 g/mol. The van der Waals surface area contributed by atoms with Crippen LogP contribution < -0.4 is 4.74 Å². The Kier molecular flexibility index (Phi) is 3.95. The Morgan fingerprint density at radius 2 is 2.06 bits per heavy atom. The lowest BCUT2D eigenvalue weighted by molar-refractivity contribution is -0.137. The van der Waals surface area contributed by atoms with Gasteiger partial charge < -0.3 is 14.6 Å². The van der Waals surface area contributed by atoms with Crippen molar-refractivity contribution >= 4 is 5.97 Å². The lowest BCUT2D eigenvalue weighted by atomic mass is 10.1. The molecule has 0 atom stereocenters. The lowest BCUT2D eigenvalue weighted by Gasteiger charge is -2.11. The average molecular weight is 250 g/mol. The van der Waals surface area contributed by atoms with Crippen LogP contribution in [0.3, 0.4) is 0 Å². The number of hydrogen-bond donors (Lipinski definition) is 1. The van der Waals surface area contributed by atoms with E-state index < -0.39 is 23.3 Å². The molecule has 1 rings (SSSR count). The molecule has 0 radical (unpaired) electrons. The molecule has 0 heterocycles. The molecule has 0 amide bonds. The largest absolute Gasteiger partial charge is 0.478 e. The number of ether oxygens (including phenoxy) is 2. The zero-order valence-corrected chi connectivity index (χ0v) is 8.75. The second kappa shape index (κ2) is 5.05. The lowest BCUT2D eigenvalue weighted by Crippen LogP contribution is -2.10. The van der Waals surface area contributed by atoms with Crippen molar-refractivity contribution < 1.29 is 32.5 Å². The standard InChI is InChI=1S/C10H9F3O4/c1-16-5-17-8-3-2-6(10(11,12)13)4-7(8)9(14)15/h2-4H,5H2,1H3,(H,14,15). The van der Waals surface area contributed by atoms with Crippen molar-refractivity contribution in [3.63, 3.8) is 0 Å². The fourth-order valence-corrected chi connectivity index (χ4v) is 1.12. The smallest absolute Gasteiger partial charge is 0.416 e. The summed E-state index contributed by atoms with van der Waals surface area (Å²) in [5.74, 6) is -1.67. The average Bonchev–Trinajstić information content (AvgIpc) is 2.24. The molecule has 4 nitrogen and oxygen atoms in total. The van der Waals surface area contributed by atoms with Crippen LogP contribution in [-0.4, -0.2) is 25.0 Å². The Morgan fingerprint density at radius 1 is 1.41 bits per heavy atom. The van der Waals surface area contributed by atoms with Crippen molar-refractivity contribution in [1.29, 1.82) is 0 Å². The van der Waals surface area contributed by atoms with Crippen LogP contribution in [0, 0.1) is 0 Å². The normalized spacial score (nSPS) is 11.3. The van der Waals surface area contributed by atoms with Crippen molar-refractivity contribution in [2.24, 2.45) is 0 Å². The Labute approximate surface area is 94.6 Å². The first-order valence-corrected chi connectivity index (χ1v) is 4.42. The molecular formula is C10H9F3O4. The van der Waals surface area contributed by atoms with Gasteiger partial charge in [0.1, 0.15) is 11.3 Å². The van der Waals surface area contributed by atoms with Gasteiger partial charge in [0.05, 0.1) is 5.56 Å². The molecule has 0 saturated heterocycles. The van der Waals surface area contributed by atoms with Gasteiger partial charge in [-0.25, -0.2) is 4.79 Å². The van der Waals surface area contributed by atoms with Crippen LogP contribution in [-0.2, 0) is 10.9 Å². The van der Waals surface area contributed by atoms with Crippen molar-refractivity contribution in [3.8, 4) is 5.75 Å². The number of carboxylic acid groups (broad SMARTS) is 1. The van der Waals surface area contributed by atoms with Gasteiger partial charge in [-0.2, -0.15) is 13.2 Å². The summed E-state index contributed by atoms with van der Waals surface area (Å²) in [6, 6.07) is 2.22. The van der Waals surface area contributed by atoms with E-state index in [9.17, 15) is 18.0 Å². The summed E-state index contributed by atoms with van der Waals surface area (Å²) in [7, 11) is 1.31. The van der Waals surface area contributed by atoms with Crippen LogP contribution >= 0.6 is 0 Å². The molecular weight excluding hydrogens is 241 g/mol. The Morgan fingerprint density at radius 3 is 2.53 bits per heavy atom. The van der Waals surface area contributed by atoms with E-state index in [1.54, 1.807) is 0 Å². The maximum Gasteiger partial charge on any atom is 0.416 e. The van der Waals surface area contributed by atoms with Crippen molar-refractivity contribution in [3.05, 3.63) is 29.3 Å². The summed E-state index contributed by atoms with van der Waals surface area (Å²) >= 11 is 0. The fourth-order valence-electron chi connectivity index (χ4n) is 1.12. The van der Waals surface area contributed by atoms with Gasteiger partial charge in [0, 0.05) is 7.11 Å². The van der Waals surface area contributed by atoms with Gasteiger partial charge in [-0.05, 0) is 18.2 Å². The third-order valence-electron chi connectivity index (χ3n) is 1.87. The van der Waals surface area contributed by atoms with Gasteiger partial charge in [0.2, 0.25) is 0 Å². The number of halogens is 3. The van der Waals surface area contributed by atoms with Crippen LogP contribution in [0.15, 0.2) is 18.2 Å². The van der Waals surface area contributed by atoms with E-state index in [0.717, 1.165) is 12.1 Å². The number of rotatable bonds is 4. The molecule has 1 N–H and O–H groups in total. The highest BCUT2D eigenvalue weighted by Crippen LogP contribution is 2.32. The van der Waals surface area contributed by atoms with Gasteiger partial charge in [0.25, 0.3) is 0 Å². The highest BCUT2D eigenvalue weighted by molar-refractivity contribution is 5.91. The van der Waals surface area contributed by atoms with E-state index in [0.29, 0.717) is 6.07 Å². The Balaban J connectivity index is 3.13. The highest BCUT2D eigenvalue weighted by atomic mass is 19.4. The second-order valence-corrected chi connectivity index (χ2v) is 3.06. The van der Waals surface area contributed by atoms with Crippen LogP contribution in [0.5, 0.6) is 5.75 Å². The molecule has 0 fully saturated rings. The zero-order valence-electron chi connectivity index (χ0n) is 8.75. The van der Waals surface area contributed by atoms with Crippen LogP contribution in [0.4, 0.5) is 13.2 Å². The molecule has 0 bridgehead atoms. The summed E-state index contributed by atoms with van der Waals surface area (Å²) in [6.07, 6.45) is -4.59. The Bertz CT molecular complexity index is 415. The molecule has 7 heteroatoms. The van der Waals surface area contributed by atoms with E-state index in [1.165, 1.54) is 7.11 Å². The van der Waals surface area contributed by atoms with E-state index >= 15 is 0 Å². The summed E-state index contributed by atoms with van der Waals surface area (Å²) in [6.45, 7) is -0.244. The number of aromatic carboxylic acids is 1. The van der Waals surface area contributed by atoms with E-state index in [1.807, 2.05) is 0 Å². The topological polar surface area (TPSA) is 55.8 Å². The van der Waals surface area contributed by atoms with Crippen molar-refractivity contribution in [2.45, 2.75) is 6.18 Å². The third kappa shape index (κ3) is 3.35. The minimum Gasteiger partial charge on any atom is -0.478 e. The molecule has 0 unspecified atom stereocenters. The molecule has 94 valence electrons. The maximum absolute atomic E-state index is 12.4. The van der Waals surface area contributed by atoms with Crippen molar-refractivity contribution in [2.75, 3.05) is 13.9 Å². The van der Waals surface area contributed by atoms with E-state index in [4.69, 9.17) is 9.84 Å². The summed E-state index contributed by atoms with van der Waals surface area (Å²) < 4.78 is 46.5. The van der Waals surface area contributed by atoms with Crippen LogP contribution in [0.2, 0.25) is 0 Å². The molecule has 0 aliphatic rings. The third-order valence-corrected chi connectivity index (χ3v) is 1.87. The summed E-state index contributed by atoms with van der Waals surface area (Å²) in [4.78, 5) is 10.8. The molecule has 0 aliphatic carbocycles. The Hall–Kier alpha value is -1.76. The molecule has 0 aliphatic heterocycles. The first-order chi connectivity index (χ1) is 7.86. The molecule has 17 heavy (non-hydrogen) atoms. The summed E-state index contributed by atoms with van der Waals surface area (Å²) in [5.41, 5.74) is -1.60. The molecule has 1 aromatic carbocycles. The zero-order chi connectivity index (χ0) is 13.1. The number of alkyl halides is 3. The SMILES string of the molecule is COCOc1ccc(C(F)(F)F)cc1C(=O)O. The number of benzene rings is 1. The predicted octanol–water partition coefficient (Wildman–Crippen LogP) is 2.39. The van der Waals surface area contributed by atoms with Crippen molar-refractivity contribution in [1.82, 2.24) is 0 Å². The number of hydrogen-bond acceptors (Lipinski definition) is 3. The van der Waals surface area contributed by atoms with Gasteiger partial charge >= 0.3 is 12.1 Å². The number of methoxy groups -OCH3 is 1. The predicted molar refractivity (Wildman–Crippen MR) is 50.9 cm³/mol. The highest BCUT2D eigenvalue weighted by Gasteiger charge is 2.32. The first-order valence-electron chi connectivity index (χ1n) is 4.42. The minimum atomic E-state index is -4.59. The van der Waals surface area contributed by atoms with Gasteiger partial charge in [-0.1, -0.05) is 0 Å². The molecule has 1 aromatic rings. The van der Waals surface area contributed by atoms with Crippen LogP contribution in [0.25, 0.3) is 0 Å². The van der Waals surface area contributed by atoms with Crippen LogP contribution in [0.1, 0.15) is 15.9 Å². The number of carbonyl (C=O) groups is 1. The number of carboxylic acids is 1. The summed E-state index contributed by atoms with van der Waals surface area (Å²) in [5, 5.41) is 8.77. The molecule has 0 aromatic heterocycles. The maximum atomic E-state index is 12.4. The quantitative estimate of drug-likeness (QED) is 0.833. The van der Waals surface area contributed by atoms with E-state index in [-0.39, 0.29) is 12.5 Å².